The molecule has 164 valence electrons. The molecule has 2 aliphatic heterocycles. The van der Waals surface area contributed by atoms with Gasteiger partial charge in [0.1, 0.15) is 5.75 Å². The second-order valence-corrected chi connectivity index (χ2v) is 8.35. The van der Waals surface area contributed by atoms with Gasteiger partial charge in [-0.2, -0.15) is 0 Å². The van der Waals surface area contributed by atoms with Crippen LogP contribution in [0.15, 0.2) is 42.5 Å². The van der Waals surface area contributed by atoms with Gasteiger partial charge in [-0.25, -0.2) is 0 Å². The Bertz CT molecular complexity index is 953. The van der Waals surface area contributed by atoms with Crippen LogP contribution >= 0.6 is 0 Å². The minimum absolute atomic E-state index is 0.0202. The average molecular weight is 422 g/mol. The van der Waals surface area contributed by atoms with E-state index in [1.807, 2.05) is 59.2 Å². The number of ether oxygens (including phenoxy) is 1. The lowest BCUT2D eigenvalue weighted by atomic mass is 10.1. The van der Waals surface area contributed by atoms with Crippen molar-refractivity contribution in [3.05, 3.63) is 53.6 Å². The first-order valence-corrected chi connectivity index (χ1v) is 11.2. The molecule has 0 spiro atoms. The minimum Gasteiger partial charge on any atom is -0.477 e. The SMILES string of the molecule is CCc1cccc(C)c1NC(=O)CN1C[C@@H](C(=O)N2CCCCC2)Oc2ccccc21. The van der Waals surface area contributed by atoms with Crippen LogP contribution in [-0.4, -0.2) is 49.0 Å². The summed E-state index contributed by atoms with van der Waals surface area (Å²) in [7, 11) is 0. The van der Waals surface area contributed by atoms with Crippen LogP contribution in [0.25, 0.3) is 0 Å². The van der Waals surface area contributed by atoms with Crippen molar-refractivity contribution in [2.24, 2.45) is 0 Å². The Labute approximate surface area is 184 Å². The van der Waals surface area contributed by atoms with Crippen LogP contribution in [0.3, 0.4) is 0 Å². The molecule has 0 aliphatic carbocycles. The third kappa shape index (κ3) is 4.68. The third-order valence-electron chi connectivity index (χ3n) is 6.14. The quantitative estimate of drug-likeness (QED) is 0.798. The lowest BCUT2D eigenvalue weighted by Crippen LogP contribution is -2.52. The Morgan fingerprint density at radius 2 is 1.84 bits per heavy atom. The van der Waals surface area contributed by atoms with E-state index in [0.717, 1.165) is 54.9 Å². The highest BCUT2D eigenvalue weighted by molar-refractivity contribution is 5.96. The molecule has 1 N–H and O–H groups in total. The fourth-order valence-electron chi connectivity index (χ4n) is 4.46. The maximum absolute atomic E-state index is 13.1. The van der Waals surface area contributed by atoms with Gasteiger partial charge < -0.3 is 19.9 Å². The number of carbonyl (C=O) groups is 2. The highest BCUT2D eigenvalue weighted by Gasteiger charge is 2.34. The second kappa shape index (κ2) is 9.41. The van der Waals surface area contributed by atoms with E-state index in [1.54, 1.807) is 0 Å². The number of benzene rings is 2. The smallest absolute Gasteiger partial charge is 0.265 e. The number of amides is 2. The summed E-state index contributed by atoms with van der Waals surface area (Å²) in [5.74, 6) is 0.582. The molecule has 2 heterocycles. The Morgan fingerprint density at radius 3 is 2.61 bits per heavy atom. The fraction of sp³-hybridized carbons (Fsp3) is 0.440. The first-order chi connectivity index (χ1) is 15.1. The number of hydrogen-bond donors (Lipinski definition) is 1. The molecule has 6 heteroatoms. The number of likely N-dealkylation sites (tertiary alicyclic amines) is 1. The van der Waals surface area contributed by atoms with E-state index >= 15 is 0 Å². The molecule has 6 nitrogen and oxygen atoms in total. The Hall–Kier alpha value is -3.02. The number of aryl methyl sites for hydroxylation is 2. The molecule has 2 amide bonds. The van der Waals surface area contributed by atoms with E-state index in [-0.39, 0.29) is 18.4 Å². The molecule has 1 fully saturated rings. The van der Waals surface area contributed by atoms with E-state index in [0.29, 0.717) is 12.3 Å². The summed E-state index contributed by atoms with van der Waals surface area (Å²) in [6, 6.07) is 13.7. The van der Waals surface area contributed by atoms with Gasteiger partial charge >= 0.3 is 0 Å². The second-order valence-electron chi connectivity index (χ2n) is 8.35. The summed E-state index contributed by atoms with van der Waals surface area (Å²) in [5, 5.41) is 3.10. The maximum atomic E-state index is 13.1. The van der Waals surface area contributed by atoms with Crippen molar-refractivity contribution in [2.45, 2.75) is 45.6 Å². The van der Waals surface area contributed by atoms with Gasteiger partial charge in [0.15, 0.2) is 6.10 Å². The van der Waals surface area contributed by atoms with Crippen molar-refractivity contribution in [3.8, 4) is 5.75 Å². The molecule has 2 aliphatic rings. The fourth-order valence-corrected chi connectivity index (χ4v) is 4.46. The van der Waals surface area contributed by atoms with Gasteiger partial charge in [0, 0.05) is 18.8 Å². The molecule has 0 bridgehead atoms. The van der Waals surface area contributed by atoms with Crippen LogP contribution in [-0.2, 0) is 16.0 Å². The average Bonchev–Trinajstić information content (AvgIpc) is 2.80. The molecule has 1 atom stereocenters. The zero-order valence-electron chi connectivity index (χ0n) is 18.4. The van der Waals surface area contributed by atoms with Crippen LogP contribution < -0.4 is 15.0 Å². The highest BCUT2D eigenvalue weighted by Crippen LogP contribution is 2.33. The van der Waals surface area contributed by atoms with Gasteiger partial charge in [0.05, 0.1) is 18.8 Å². The Balaban J connectivity index is 1.51. The molecule has 0 saturated carbocycles. The third-order valence-corrected chi connectivity index (χ3v) is 6.14. The van der Waals surface area contributed by atoms with Crippen LogP contribution in [0.2, 0.25) is 0 Å². The molecule has 31 heavy (non-hydrogen) atoms. The standard InChI is InChI=1S/C25H31N3O3/c1-3-19-11-9-10-18(2)24(19)26-23(29)17-28-16-22(25(30)27-14-7-4-8-15-27)31-21-13-6-5-12-20(21)28/h5-6,9-13,22H,3-4,7-8,14-17H2,1-2H3,(H,26,29)/t22-/m0/s1. The van der Waals surface area contributed by atoms with Crippen molar-refractivity contribution in [1.82, 2.24) is 4.90 Å². The van der Waals surface area contributed by atoms with Crippen molar-refractivity contribution in [3.63, 3.8) is 0 Å². The number of hydrogen-bond acceptors (Lipinski definition) is 4. The topological polar surface area (TPSA) is 61.9 Å². The lowest BCUT2D eigenvalue weighted by molar-refractivity contribution is -0.139. The van der Waals surface area contributed by atoms with Crippen LogP contribution in [0.4, 0.5) is 11.4 Å². The number of piperidine rings is 1. The van der Waals surface area contributed by atoms with Gasteiger partial charge in [-0.15, -0.1) is 0 Å². The lowest BCUT2D eigenvalue weighted by Gasteiger charge is -2.38. The number of nitrogens with one attached hydrogen (secondary N) is 1. The van der Waals surface area contributed by atoms with Gasteiger partial charge in [0.25, 0.3) is 5.91 Å². The first-order valence-electron chi connectivity index (χ1n) is 11.2. The zero-order valence-corrected chi connectivity index (χ0v) is 18.4. The van der Waals surface area contributed by atoms with Crippen LogP contribution in [0, 0.1) is 6.92 Å². The number of nitrogens with zero attached hydrogens (tertiary/aromatic N) is 2. The summed E-state index contributed by atoms with van der Waals surface area (Å²) in [6.45, 7) is 6.20. The van der Waals surface area contributed by atoms with E-state index in [2.05, 4.69) is 12.2 Å². The summed E-state index contributed by atoms with van der Waals surface area (Å²) < 4.78 is 6.07. The number of fused-ring (bicyclic) bond motifs is 1. The van der Waals surface area contributed by atoms with Crippen molar-refractivity contribution >= 4 is 23.2 Å². The predicted octanol–water partition coefficient (Wildman–Crippen LogP) is 3.78. The summed E-state index contributed by atoms with van der Waals surface area (Å²) >= 11 is 0. The van der Waals surface area contributed by atoms with Gasteiger partial charge in [-0.3, -0.25) is 9.59 Å². The molecule has 2 aromatic rings. The number of anilines is 2. The highest BCUT2D eigenvalue weighted by atomic mass is 16.5. The summed E-state index contributed by atoms with van der Waals surface area (Å²) in [4.78, 5) is 30.0. The van der Waals surface area contributed by atoms with E-state index in [1.165, 1.54) is 6.42 Å². The zero-order chi connectivity index (χ0) is 21.8. The normalized spacial score (nSPS) is 18.2. The summed E-state index contributed by atoms with van der Waals surface area (Å²) in [5.41, 5.74) is 3.90. The van der Waals surface area contributed by atoms with Gasteiger partial charge in [-0.05, 0) is 55.9 Å². The molecule has 0 radical (unpaired) electrons. The van der Waals surface area contributed by atoms with E-state index in [4.69, 9.17) is 4.74 Å². The number of carbonyl (C=O) groups excluding carboxylic acids is 2. The van der Waals surface area contributed by atoms with Crippen molar-refractivity contribution < 1.29 is 14.3 Å². The molecule has 2 aromatic carbocycles. The van der Waals surface area contributed by atoms with E-state index in [9.17, 15) is 9.59 Å². The number of rotatable bonds is 5. The van der Waals surface area contributed by atoms with Gasteiger partial charge in [-0.1, -0.05) is 37.3 Å². The van der Waals surface area contributed by atoms with Crippen LogP contribution in [0.5, 0.6) is 5.75 Å². The molecular formula is C25H31N3O3. The first kappa shape index (κ1) is 21.2. The van der Waals surface area contributed by atoms with Crippen molar-refractivity contribution in [1.29, 1.82) is 0 Å². The van der Waals surface area contributed by atoms with E-state index < -0.39 is 6.10 Å². The number of para-hydroxylation sites is 3. The Morgan fingerprint density at radius 1 is 1.06 bits per heavy atom. The molecular weight excluding hydrogens is 390 g/mol. The maximum Gasteiger partial charge on any atom is 0.265 e. The summed E-state index contributed by atoms with van der Waals surface area (Å²) in [6.07, 6.45) is 3.51. The predicted molar refractivity (Wildman–Crippen MR) is 123 cm³/mol. The molecule has 1 saturated heterocycles. The molecule has 0 aromatic heterocycles. The molecule has 4 rings (SSSR count). The van der Waals surface area contributed by atoms with Crippen LogP contribution in [0.1, 0.15) is 37.3 Å². The largest absolute Gasteiger partial charge is 0.477 e. The monoisotopic (exact) mass is 421 g/mol. The van der Waals surface area contributed by atoms with Gasteiger partial charge in [0.2, 0.25) is 5.91 Å². The van der Waals surface area contributed by atoms with Crippen molar-refractivity contribution in [2.75, 3.05) is 36.4 Å². The Kier molecular flexibility index (Phi) is 6.44. The minimum atomic E-state index is -0.592. The molecule has 0 unspecified atom stereocenters.